The first kappa shape index (κ1) is 14.6. The Balaban J connectivity index is 3.12. The Morgan fingerprint density at radius 2 is 2.17 bits per heavy atom. The molecule has 0 saturated carbocycles. The third kappa shape index (κ3) is 3.25. The molecule has 2 atom stereocenters. The SMILES string of the molecule is C[C@@H](C[S@](C)=O)N(C)c1cccc(F)c1[N+](=O)[O-]. The van der Waals surface area contributed by atoms with Gasteiger partial charge in [-0.2, -0.15) is 4.39 Å². The molecule has 0 spiro atoms. The maximum Gasteiger partial charge on any atom is 0.327 e. The zero-order valence-electron chi connectivity index (χ0n) is 10.4. The maximum atomic E-state index is 13.5. The van der Waals surface area contributed by atoms with Gasteiger partial charge in [0, 0.05) is 35.9 Å². The summed E-state index contributed by atoms with van der Waals surface area (Å²) in [5, 5.41) is 10.9. The number of hydrogen-bond donors (Lipinski definition) is 0. The van der Waals surface area contributed by atoms with Gasteiger partial charge >= 0.3 is 5.69 Å². The number of hydrogen-bond acceptors (Lipinski definition) is 4. The molecule has 1 aromatic rings. The van der Waals surface area contributed by atoms with Crippen LogP contribution in [0.2, 0.25) is 0 Å². The van der Waals surface area contributed by atoms with E-state index in [1.54, 1.807) is 25.1 Å². The van der Waals surface area contributed by atoms with E-state index >= 15 is 0 Å². The van der Waals surface area contributed by atoms with Gasteiger partial charge < -0.3 is 4.90 Å². The van der Waals surface area contributed by atoms with Gasteiger partial charge in [0.25, 0.3) is 0 Å². The molecule has 0 aliphatic heterocycles. The quantitative estimate of drug-likeness (QED) is 0.608. The smallest absolute Gasteiger partial charge is 0.327 e. The van der Waals surface area contributed by atoms with Crippen LogP contribution in [0.25, 0.3) is 0 Å². The number of anilines is 1. The number of nitrogens with zero attached hydrogens (tertiary/aromatic N) is 2. The van der Waals surface area contributed by atoms with Gasteiger partial charge in [-0.05, 0) is 19.1 Å². The largest absolute Gasteiger partial charge is 0.365 e. The van der Waals surface area contributed by atoms with Gasteiger partial charge in [-0.3, -0.25) is 14.3 Å². The first-order chi connectivity index (χ1) is 8.34. The zero-order valence-corrected chi connectivity index (χ0v) is 11.2. The second-order valence-electron chi connectivity index (χ2n) is 4.06. The average molecular weight is 274 g/mol. The fraction of sp³-hybridized carbons (Fsp3) is 0.455. The summed E-state index contributed by atoms with van der Waals surface area (Å²) in [4.78, 5) is 11.7. The van der Waals surface area contributed by atoms with Crippen LogP contribution >= 0.6 is 0 Å². The van der Waals surface area contributed by atoms with E-state index in [0.29, 0.717) is 5.75 Å². The fourth-order valence-electron chi connectivity index (χ4n) is 1.66. The second kappa shape index (κ2) is 5.90. The van der Waals surface area contributed by atoms with Gasteiger partial charge in [0.1, 0.15) is 5.69 Å². The normalized spacial score (nSPS) is 14.0. The number of nitro benzene ring substituents is 1. The monoisotopic (exact) mass is 274 g/mol. The highest BCUT2D eigenvalue weighted by Crippen LogP contribution is 2.31. The molecular weight excluding hydrogens is 259 g/mol. The van der Waals surface area contributed by atoms with Gasteiger partial charge in [-0.15, -0.1) is 0 Å². The highest BCUT2D eigenvalue weighted by atomic mass is 32.2. The number of halogens is 1. The first-order valence-corrected chi connectivity index (χ1v) is 7.03. The van der Waals surface area contributed by atoms with Gasteiger partial charge in [0.15, 0.2) is 0 Å². The molecule has 0 fully saturated rings. The van der Waals surface area contributed by atoms with E-state index in [1.807, 2.05) is 0 Å². The molecule has 0 unspecified atom stereocenters. The summed E-state index contributed by atoms with van der Waals surface area (Å²) in [5.41, 5.74) is -0.355. The number of nitro groups is 1. The minimum atomic E-state index is -1.02. The van der Waals surface area contributed by atoms with E-state index in [-0.39, 0.29) is 11.7 Å². The molecule has 1 aromatic carbocycles. The van der Waals surface area contributed by atoms with Gasteiger partial charge in [0.2, 0.25) is 5.82 Å². The molecular formula is C11H15FN2O3S. The van der Waals surface area contributed by atoms with Crippen molar-refractivity contribution in [1.82, 2.24) is 0 Å². The van der Waals surface area contributed by atoms with Gasteiger partial charge in [-0.1, -0.05) is 6.07 Å². The summed E-state index contributed by atoms with van der Waals surface area (Å²) in [6.45, 7) is 1.79. The standard InChI is InChI=1S/C11H15FN2O3S/c1-8(7-18(3)17)13(2)10-6-4-5-9(12)11(10)14(15)16/h4-6,8H,7H2,1-3H3/t8-,18-/m0/s1. The van der Waals surface area contributed by atoms with Crippen molar-refractivity contribution < 1.29 is 13.5 Å². The third-order valence-corrected chi connectivity index (χ3v) is 3.62. The van der Waals surface area contributed by atoms with E-state index in [0.717, 1.165) is 6.07 Å². The second-order valence-corrected chi connectivity index (χ2v) is 5.54. The Morgan fingerprint density at radius 3 is 2.67 bits per heavy atom. The highest BCUT2D eigenvalue weighted by molar-refractivity contribution is 7.84. The van der Waals surface area contributed by atoms with Crippen molar-refractivity contribution in [3.05, 3.63) is 34.1 Å². The van der Waals surface area contributed by atoms with Crippen LogP contribution in [0.3, 0.4) is 0 Å². The van der Waals surface area contributed by atoms with E-state index in [1.165, 1.54) is 12.1 Å². The summed E-state index contributed by atoms with van der Waals surface area (Å²) < 4.78 is 24.6. The molecule has 18 heavy (non-hydrogen) atoms. The Morgan fingerprint density at radius 1 is 1.56 bits per heavy atom. The summed E-state index contributed by atoms with van der Waals surface area (Å²) in [6, 6.07) is 3.77. The average Bonchev–Trinajstić information content (AvgIpc) is 2.26. The fourth-order valence-corrected chi connectivity index (χ4v) is 2.56. The lowest BCUT2D eigenvalue weighted by atomic mass is 10.2. The van der Waals surface area contributed by atoms with Crippen molar-refractivity contribution in [3.8, 4) is 0 Å². The summed E-state index contributed by atoms with van der Waals surface area (Å²) in [7, 11) is 0.606. The lowest BCUT2D eigenvalue weighted by molar-refractivity contribution is -0.386. The maximum absolute atomic E-state index is 13.5. The Kier molecular flexibility index (Phi) is 4.77. The van der Waals surface area contributed by atoms with Crippen LogP contribution in [-0.4, -0.2) is 34.2 Å². The minimum Gasteiger partial charge on any atom is -0.365 e. The molecule has 0 bridgehead atoms. The summed E-state index contributed by atoms with van der Waals surface area (Å²) >= 11 is 0. The molecule has 0 heterocycles. The molecule has 1 rings (SSSR count). The molecule has 0 N–H and O–H groups in total. The van der Waals surface area contributed by atoms with Crippen molar-refractivity contribution in [1.29, 1.82) is 0 Å². The van der Waals surface area contributed by atoms with Crippen LogP contribution in [0.5, 0.6) is 0 Å². The zero-order chi connectivity index (χ0) is 13.9. The molecule has 100 valence electrons. The summed E-state index contributed by atoms with van der Waals surface area (Å²) in [5.74, 6) is -0.501. The van der Waals surface area contributed by atoms with Crippen molar-refractivity contribution in [2.45, 2.75) is 13.0 Å². The molecule has 0 aromatic heterocycles. The van der Waals surface area contributed by atoms with Crippen molar-refractivity contribution >= 4 is 22.2 Å². The Hall–Kier alpha value is -1.50. The van der Waals surface area contributed by atoms with E-state index in [4.69, 9.17) is 0 Å². The third-order valence-electron chi connectivity index (χ3n) is 2.67. The van der Waals surface area contributed by atoms with Gasteiger partial charge in [-0.25, -0.2) is 0 Å². The van der Waals surface area contributed by atoms with Crippen LogP contribution in [0.4, 0.5) is 15.8 Å². The van der Waals surface area contributed by atoms with Crippen molar-refractivity contribution in [3.63, 3.8) is 0 Å². The molecule has 0 saturated heterocycles. The van der Waals surface area contributed by atoms with Crippen LogP contribution in [0.1, 0.15) is 6.92 Å². The van der Waals surface area contributed by atoms with Crippen molar-refractivity contribution in [2.24, 2.45) is 0 Å². The van der Waals surface area contributed by atoms with Crippen LogP contribution in [0.15, 0.2) is 18.2 Å². The Labute approximate surface area is 107 Å². The number of rotatable bonds is 5. The molecule has 0 amide bonds. The predicted octanol–water partition coefficient (Wildman–Crippen LogP) is 1.94. The number of benzene rings is 1. The minimum absolute atomic E-state index is 0.184. The van der Waals surface area contributed by atoms with Gasteiger partial charge in [0.05, 0.1) is 4.92 Å². The summed E-state index contributed by atoms with van der Waals surface area (Å²) in [6.07, 6.45) is 1.56. The Bertz CT molecular complexity index is 481. The first-order valence-electron chi connectivity index (χ1n) is 5.30. The molecule has 0 aliphatic rings. The molecule has 5 nitrogen and oxygen atoms in total. The molecule has 7 heteroatoms. The van der Waals surface area contributed by atoms with E-state index in [9.17, 15) is 18.7 Å². The van der Waals surface area contributed by atoms with E-state index in [2.05, 4.69) is 0 Å². The van der Waals surface area contributed by atoms with Crippen LogP contribution in [0, 0.1) is 15.9 Å². The lowest BCUT2D eigenvalue weighted by Crippen LogP contribution is -2.33. The van der Waals surface area contributed by atoms with Crippen LogP contribution in [-0.2, 0) is 10.8 Å². The van der Waals surface area contributed by atoms with Crippen molar-refractivity contribution in [2.75, 3.05) is 24.0 Å². The lowest BCUT2D eigenvalue weighted by Gasteiger charge is -2.25. The predicted molar refractivity (Wildman–Crippen MR) is 69.9 cm³/mol. The topological polar surface area (TPSA) is 63.5 Å². The molecule has 0 radical (unpaired) electrons. The highest BCUT2D eigenvalue weighted by Gasteiger charge is 2.24. The van der Waals surface area contributed by atoms with Crippen LogP contribution < -0.4 is 4.90 Å². The number of para-hydroxylation sites is 1. The molecule has 0 aliphatic carbocycles. The van der Waals surface area contributed by atoms with E-state index < -0.39 is 27.2 Å².